The third-order valence-corrected chi connectivity index (χ3v) is 3.76. The molecule has 6 heteroatoms. The zero-order chi connectivity index (χ0) is 18.4. The van der Waals surface area contributed by atoms with Gasteiger partial charge in [0.25, 0.3) is 5.91 Å². The van der Waals surface area contributed by atoms with Crippen molar-refractivity contribution in [2.24, 2.45) is 0 Å². The fourth-order valence-electron chi connectivity index (χ4n) is 2.36. The van der Waals surface area contributed by atoms with Crippen LogP contribution in [0.5, 0.6) is 5.75 Å². The maximum Gasteiger partial charge on any atom is 0.274 e. The molecule has 1 heterocycles. The van der Waals surface area contributed by atoms with Gasteiger partial charge in [0.15, 0.2) is 0 Å². The van der Waals surface area contributed by atoms with E-state index < -0.39 is 0 Å². The molecule has 132 valence electrons. The first kappa shape index (κ1) is 17.8. The molecule has 0 aliphatic rings. The molecule has 3 rings (SSSR count). The topological polar surface area (TPSA) is 63.2 Å². The molecule has 0 aliphatic heterocycles. The fourth-order valence-corrected chi connectivity index (χ4v) is 2.55. The van der Waals surface area contributed by atoms with Gasteiger partial charge in [-0.2, -0.15) is 0 Å². The van der Waals surface area contributed by atoms with Gasteiger partial charge in [0.1, 0.15) is 11.4 Å². The van der Waals surface area contributed by atoms with E-state index in [0.717, 1.165) is 17.1 Å². The molecule has 0 radical (unpaired) electrons. The Kier molecular flexibility index (Phi) is 5.71. The smallest absolute Gasteiger partial charge is 0.274 e. The maximum absolute atomic E-state index is 12.4. The molecule has 0 saturated heterocycles. The third kappa shape index (κ3) is 4.74. The molecule has 2 aromatic carbocycles. The van der Waals surface area contributed by atoms with Crippen molar-refractivity contribution in [2.45, 2.75) is 6.92 Å². The number of anilines is 3. The molecule has 1 aromatic heterocycles. The van der Waals surface area contributed by atoms with Gasteiger partial charge in [0.2, 0.25) is 0 Å². The van der Waals surface area contributed by atoms with Crippen molar-refractivity contribution in [1.82, 2.24) is 4.98 Å². The first-order chi connectivity index (χ1) is 12.6. The highest BCUT2D eigenvalue weighted by Crippen LogP contribution is 2.21. The van der Waals surface area contributed by atoms with E-state index in [-0.39, 0.29) is 5.91 Å². The predicted molar refractivity (Wildman–Crippen MR) is 105 cm³/mol. The Morgan fingerprint density at radius 2 is 1.85 bits per heavy atom. The zero-order valence-electron chi connectivity index (χ0n) is 14.2. The molecule has 0 fully saturated rings. The molecule has 0 spiro atoms. The number of rotatable bonds is 6. The summed E-state index contributed by atoms with van der Waals surface area (Å²) < 4.78 is 5.43. The first-order valence-electron chi connectivity index (χ1n) is 8.17. The minimum Gasteiger partial charge on any atom is -0.494 e. The molecular formula is C20H18ClN3O2. The van der Waals surface area contributed by atoms with Crippen LogP contribution in [-0.2, 0) is 0 Å². The number of hydrogen-bond acceptors (Lipinski definition) is 4. The van der Waals surface area contributed by atoms with Crippen molar-refractivity contribution in [2.75, 3.05) is 17.2 Å². The standard InChI is InChI=1S/C20H18ClN3O2/c1-2-26-18-8-6-15(7-9-18)23-17-10-11-22-19(13-17)20(25)24-16-5-3-4-14(21)12-16/h3-13H,2H2,1H3,(H,22,23)(H,24,25). The summed E-state index contributed by atoms with van der Waals surface area (Å²) in [7, 11) is 0. The molecular weight excluding hydrogens is 350 g/mol. The summed E-state index contributed by atoms with van der Waals surface area (Å²) in [5.41, 5.74) is 2.58. The van der Waals surface area contributed by atoms with Crippen LogP contribution in [0.1, 0.15) is 17.4 Å². The number of pyridine rings is 1. The van der Waals surface area contributed by atoms with Crippen molar-refractivity contribution >= 4 is 34.6 Å². The van der Waals surface area contributed by atoms with Crippen molar-refractivity contribution < 1.29 is 9.53 Å². The number of amides is 1. The van der Waals surface area contributed by atoms with Gasteiger partial charge < -0.3 is 15.4 Å². The van der Waals surface area contributed by atoms with Crippen LogP contribution in [0.3, 0.4) is 0 Å². The average Bonchev–Trinajstić information content (AvgIpc) is 2.64. The Hall–Kier alpha value is -3.05. The normalized spacial score (nSPS) is 10.2. The van der Waals surface area contributed by atoms with E-state index in [0.29, 0.717) is 23.0 Å². The van der Waals surface area contributed by atoms with E-state index in [4.69, 9.17) is 16.3 Å². The van der Waals surface area contributed by atoms with Gasteiger partial charge in [-0.25, -0.2) is 0 Å². The molecule has 5 nitrogen and oxygen atoms in total. The van der Waals surface area contributed by atoms with Crippen LogP contribution in [0.25, 0.3) is 0 Å². The number of carbonyl (C=O) groups is 1. The van der Waals surface area contributed by atoms with Gasteiger partial charge in [-0.05, 0) is 61.5 Å². The molecule has 3 aromatic rings. The third-order valence-electron chi connectivity index (χ3n) is 3.53. The van der Waals surface area contributed by atoms with E-state index >= 15 is 0 Å². The predicted octanol–water partition coefficient (Wildman–Crippen LogP) is 5.13. The van der Waals surface area contributed by atoms with Crippen LogP contribution in [0.2, 0.25) is 5.02 Å². The van der Waals surface area contributed by atoms with Gasteiger partial charge in [0.05, 0.1) is 6.61 Å². The Morgan fingerprint density at radius 1 is 1.04 bits per heavy atom. The van der Waals surface area contributed by atoms with Crippen LogP contribution in [0.15, 0.2) is 66.9 Å². The number of ether oxygens (including phenoxy) is 1. The monoisotopic (exact) mass is 367 g/mol. The van der Waals surface area contributed by atoms with Crippen molar-refractivity contribution in [1.29, 1.82) is 0 Å². The lowest BCUT2D eigenvalue weighted by molar-refractivity contribution is 0.102. The molecule has 2 N–H and O–H groups in total. The molecule has 0 saturated carbocycles. The molecule has 0 unspecified atom stereocenters. The highest BCUT2D eigenvalue weighted by Gasteiger charge is 2.09. The molecule has 0 aliphatic carbocycles. The largest absolute Gasteiger partial charge is 0.494 e. The number of halogens is 1. The first-order valence-corrected chi connectivity index (χ1v) is 8.54. The molecule has 1 amide bonds. The van der Waals surface area contributed by atoms with Gasteiger partial charge in [-0.1, -0.05) is 17.7 Å². The van der Waals surface area contributed by atoms with Crippen molar-refractivity contribution in [3.63, 3.8) is 0 Å². The van der Waals surface area contributed by atoms with Crippen LogP contribution >= 0.6 is 11.6 Å². The molecule has 0 atom stereocenters. The highest BCUT2D eigenvalue weighted by molar-refractivity contribution is 6.30. The number of hydrogen-bond donors (Lipinski definition) is 2. The Bertz CT molecular complexity index is 898. The second-order valence-corrected chi connectivity index (χ2v) is 5.91. The van der Waals surface area contributed by atoms with Crippen LogP contribution in [0.4, 0.5) is 17.1 Å². The maximum atomic E-state index is 12.4. The summed E-state index contributed by atoms with van der Waals surface area (Å²) in [6.45, 7) is 2.57. The van der Waals surface area contributed by atoms with E-state index in [2.05, 4.69) is 15.6 Å². The van der Waals surface area contributed by atoms with E-state index in [1.165, 1.54) is 0 Å². The summed E-state index contributed by atoms with van der Waals surface area (Å²) >= 11 is 5.93. The fraction of sp³-hybridized carbons (Fsp3) is 0.100. The second kappa shape index (κ2) is 8.36. The van der Waals surface area contributed by atoms with E-state index in [9.17, 15) is 4.79 Å². The summed E-state index contributed by atoms with van der Waals surface area (Å²) in [6.07, 6.45) is 1.59. The quantitative estimate of drug-likeness (QED) is 0.634. The molecule has 26 heavy (non-hydrogen) atoms. The van der Waals surface area contributed by atoms with Gasteiger partial charge in [0, 0.05) is 28.3 Å². The number of aromatic nitrogens is 1. The van der Waals surface area contributed by atoms with Gasteiger partial charge in [-0.15, -0.1) is 0 Å². The lowest BCUT2D eigenvalue weighted by Crippen LogP contribution is -2.13. The Morgan fingerprint density at radius 3 is 2.58 bits per heavy atom. The zero-order valence-corrected chi connectivity index (χ0v) is 15.0. The van der Waals surface area contributed by atoms with Crippen molar-refractivity contribution in [3.8, 4) is 5.75 Å². The molecule has 0 bridgehead atoms. The number of nitrogens with one attached hydrogen (secondary N) is 2. The lowest BCUT2D eigenvalue weighted by Gasteiger charge is -2.10. The number of nitrogens with zero attached hydrogens (tertiary/aromatic N) is 1. The second-order valence-electron chi connectivity index (χ2n) is 5.48. The summed E-state index contributed by atoms with van der Waals surface area (Å²) in [6, 6.07) is 18.1. The summed E-state index contributed by atoms with van der Waals surface area (Å²) in [5.74, 6) is 0.511. The number of carbonyl (C=O) groups excluding carboxylic acids is 1. The SMILES string of the molecule is CCOc1ccc(Nc2ccnc(C(=O)Nc3cccc(Cl)c3)c2)cc1. The summed E-state index contributed by atoms with van der Waals surface area (Å²) in [5, 5.41) is 6.58. The minimum atomic E-state index is -0.303. The van der Waals surface area contributed by atoms with Crippen LogP contribution in [-0.4, -0.2) is 17.5 Å². The van der Waals surface area contributed by atoms with E-state index in [1.807, 2.05) is 31.2 Å². The van der Waals surface area contributed by atoms with Gasteiger partial charge in [-0.3, -0.25) is 9.78 Å². The van der Waals surface area contributed by atoms with Gasteiger partial charge >= 0.3 is 0 Å². The van der Waals surface area contributed by atoms with E-state index in [1.54, 1.807) is 42.6 Å². The van der Waals surface area contributed by atoms with Crippen molar-refractivity contribution in [3.05, 3.63) is 77.6 Å². The Labute approximate surface area is 157 Å². The summed E-state index contributed by atoms with van der Waals surface area (Å²) in [4.78, 5) is 16.5. The average molecular weight is 368 g/mol. The minimum absolute atomic E-state index is 0.303. The Balaban J connectivity index is 1.70. The number of benzene rings is 2. The van der Waals surface area contributed by atoms with Crippen LogP contribution in [0, 0.1) is 0 Å². The lowest BCUT2D eigenvalue weighted by atomic mass is 10.2. The van der Waals surface area contributed by atoms with Crippen LogP contribution < -0.4 is 15.4 Å². The highest BCUT2D eigenvalue weighted by atomic mass is 35.5.